The van der Waals surface area contributed by atoms with Crippen molar-refractivity contribution in [3.05, 3.63) is 35.9 Å². The molecule has 1 aliphatic heterocycles. The summed E-state index contributed by atoms with van der Waals surface area (Å²) in [5, 5.41) is 3.66. The lowest BCUT2D eigenvalue weighted by Crippen LogP contribution is -2.38. The average Bonchev–Trinajstić information content (AvgIpc) is 2.91. The number of hydrogen-bond donors (Lipinski definition) is 1. The van der Waals surface area contributed by atoms with E-state index in [4.69, 9.17) is 4.74 Å². The summed E-state index contributed by atoms with van der Waals surface area (Å²) in [4.78, 5) is 0. The molecule has 2 fully saturated rings. The quantitative estimate of drug-likeness (QED) is 0.757. The number of nitrogens with one attached hydrogen (secondary N) is 1. The molecule has 0 unspecified atom stereocenters. The summed E-state index contributed by atoms with van der Waals surface area (Å²) in [5.41, 5.74) is 1.36. The van der Waals surface area contributed by atoms with Crippen LogP contribution in [-0.2, 0) is 4.74 Å². The number of benzene rings is 1. The van der Waals surface area contributed by atoms with E-state index in [0.29, 0.717) is 6.04 Å². The summed E-state index contributed by atoms with van der Waals surface area (Å²) in [6, 6.07) is 11.0. The van der Waals surface area contributed by atoms with Crippen molar-refractivity contribution in [3.63, 3.8) is 0 Å². The summed E-state index contributed by atoms with van der Waals surface area (Å²) in [6.07, 6.45) is 4.95. The highest BCUT2D eigenvalue weighted by Crippen LogP contribution is 2.38. The van der Waals surface area contributed by atoms with Crippen molar-refractivity contribution >= 4 is 0 Å². The van der Waals surface area contributed by atoms with E-state index in [0.717, 1.165) is 6.61 Å². The average molecular weight is 203 g/mol. The minimum atomic E-state index is 0.0144. The van der Waals surface area contributed by atoms with E-state index >= 15 is 0 Å². The standard InChI is InChI=1S/C13H17NO/c1-2-6-11(7-3-1)12-10-15-13(14-12)8-4-5-9-13/h1-3,6-7,12,14H,4-5,8-10H2/t12-/m1/s1. The Balaban J connectivity index is 1.76. The third kappa shape index (κ3) is 1.68. The zero-order valence-electron chi connectivity index (χ0n) is 8.91. The zero-order chi connectivity index (χ0) is 10.1. The van der Waals surface area contributed by atoms with E-state index < -0.39 is 0 Å². The lowest BCUT2D eigenvalue weighted by atomic mass is 10.1. The van der Waals surface area contributed by atoms with Crippen LogP contribution >= 0.6 is 0 Å². The third-order valence-corrected chi connectivity index (χ3v) is 3.58. The first-order chi connectivity index (χ1) is 7.38. The van der Waals surface area contributed by atoms with Gasteiger partial charge in [-0.3, -0.25) is 5.32 Å². The second kappa shape index (κ2) is 3.62. The Hall–Kier alpha value is -0.860. The SMILES string of the molecule is c1ccc([C@H]2COC3(CCCC3)N2)cc1. The molecule has 2 heteroatoms. The van der Waals surface area contributed by atoms with Crippen molar-refractivity contribution in [1.29, 1.82) is 0 Å². The predicted octanol–water partition coefficient (Wildman–Crippen LogP) is 2.62. The Morgan fingerprint density at radius 2 is 1.87 bits per heavy atom. The van der Waals surface area contributed by atoms with Crippen LogP contribution in [0, 0.1) is 0 Å². The Morgan fingerprint density at radius 3 is 2.60 bits per heavy atom. The highest BCUT2D eigenvalue weighted by atomic mass is 16.5. The van der Waals surface area contributed by atoms with Crippen LogP contribution in [0.3, 0.4) is 0 Å². The molecule has 3 rings (SSSR count). The molecule has 1 aromatic rings. The van der Waals surface area contributed by atoms with Crippen molar-refractivity contribution in [2.24, 2.45) is 0 Å². The summed E-state index contributed by atoms with van der Waals surface area (Å²) in [7, 11) is 0. The van der Waals surface area contributed by atoms with Crippen molar-refractivity contribution in [2.75, 3.05) is 6.61 Å². The predicted molar refractivity (Wildman–Crippen MR) is 59.5 cm³/mol. The molecule has 0 radical (unpaired) electrons. The van der Waals surface area contributed by atoms with E-state index in [1.54, 1.807) is 0 Å². The smallest absolute Gasteiger partial charge is 0.119 e. The monoisotopic (exact) mass is 203 g/mol. The first-order valence-electron chi connectivity index (χ1n) is 5.85. The third-order valence-electron chi connectivity index (χ3n) is 3.58. The first-order valence-corrected chi connectivity index (χ1v) is 5.85. The van der Waals surface area contributed by atoms with Crippen LogP contribution in [0.25, 0.3) is 0 Å². The van der Waals surface area contributed by atoms with Crippen molar-refractivity contribution in [3.8, 4) is 0 Å². The fraction of sp³-hybridized carbons (Fsp3) is 0.538. The summed E-state index contributed by atoms with van der Waals surface area (Å²) >= 11 is 0. The van der Waals surface area contributed by atoms with Gasteiger partial charge in [0.1, 0.15) is 5.72 Å². The molecule has 1 aromatic carbocycles. The molecule has 15 heavy (non-hydrogen) atoms. The topological polar surface area (TPSA) is 21.3 Å². The Labute approximate surface area is 90.6 Å². The summed E-state index contributed by atoms with van der Waals surface area (Å²) in [6.45, 7) is 0.823. The van der Waals surface area contributed by atoms with Crippen LogP contribution in [0.4, 0.5) is 0 Å². The van der Waals surface area contributed by atoms with Gasteiger partial charge in [0.2, 0.25) is 0 Å². The Kier molecular flexibility index (Phi) is 2.26. The molecule has 1 spiro atoms. The second-order valence-corrected chi connectivity index (χ2v) is 4.62. The van der Waals surface area contributed by atoms with Crippen molar-refractivity contribution in [1.82, 2.24) is 5.32 Å². The Bertz CT molecular complexity index is 330. The number of rotatable bonds is 1. The molecule has 1 saturated carbocycles. The minimum Gasteiger partial charge on any atom is -0.359 e. The van der Waals surface area contributed by atoms with Gasteiger partial charge in [0.05, 0.1) is 12.6 Å². The van der Waals surface area contributed by atoms with Crippen LogP contribution < -0.4 is 5.32 Å². The zero-order valence-corrected chi connectivity index (χ0v) is 8.91. The molecule has 0 amide bonds. The molecule has 1 heterocycles. The van der Waals surface area contributed by atoms with Crippen molar-refractivity contribution in [2.45, 2.75) is 37.5 Å². The molecule has 2 nitrogen and oxygen atoms in total. The molecular formula is C13H17NO. The van der Waals surface area contributed by atoms with E-state index in [1.807, 2.05) is 0 Å². The fourth-order valence-electron chi connectivity index (χ4n) is 2.74. The maximum absolute atomic E-state index is 5.96. The number of hydrogen-bond acceptors (Lipinski definition) is 2. The van der Waals surface area contributed by atoms with Gasteiger partial charge in [-0.1, -0.05) is 30.3 Å². The highest BCUT2D eigenvalue weighted by Gasteiger charge is 2.42. The van der Waals surface area contributed by atoms with E-state index in [-0.39, 0.29) is 5.72 Å². The normalized spacial score (nSPS) is 28.7. The maximum Gasteiger partial charge on any atom is 0.119 e. The lowest BCUT2D eigenvalue weighted by Gasteiger charge is -2.23. The van der Waals surface area contributed by atoms with Crippen LogP contribution in [0.1, 0.15) is 37.3 Å². The van der Waals surface area contributed by atoms with Gasteiger partial charge in [-0.05, 0) is 31.2 Å². The highest BCUT2D eigenvalue weighted by molar-refractivity contribution is 5.20. The molecule has 0 bridgehead atoms. The van der Waals surface area contributed by atoms with E-state index in [1.165, 1.54) is 31.2 Å². The van der Waals surface area contributed by atoms with Gasteiger partial charge in [-0.2, -0.15) is 0 Å². The van der Waals surface area contributed by atoms with Crippen LogP contribution in [0.2, 0.25) is 0 Å². The van der Waals surface area contributed by atoms with Gasteiger partial charge in [-0.15, -0.1) is 0 Å². The van der Waals surface area contributed by atoms with Gasteiger partial charge in [0.15, 0.2) is 0 Å². The lowest BCUT2D eigenvalue weighted by molar-refractivity contribution is -0.00358. The van der Waals surface area contributed by atoms with Crippen LogP contribution in [-0.4, -0.2) is 12.3 Å². The second-order valence-electron chi connectivity index (χ2n) is 4.62. The maximum atomic E-state index is 5.96. The summed E-state index contributed by atoms with van der Waals surface area (Å²) in [5.74, 6) is 0. The van der Waals surface area contributed by atoms with Gasteiger partial charge < -0.3 is 4.74 Å². The summed E-state index contributed by atoms with van der Waals surface area (Å²) < 4.78 is 5.96. The van der Waals surface area contributed by atoms with Crippen LogP contribution in [0.5, 0.6) is 0 Å². The van der Waals surface area contributed by atoms with Gasteiger partial charge >= 0.3 is 0 Å². The minimum absolute atomic E-state index is 0.0144. The largest absolute Gasteiger partial charge is 0.359 e. The molecule has 0 aromatic heterocycles. The van der Waals surface area contributed by atoms with Gasteiger partial charge in [0.25, 0.3) is 0 Å². The van der Waals surface area contributed by atoms with Gasteiger partial charge in [-0.25, -0.2) is 0 Å². The first kappa shape index (κ1) is 9.37. The van der Waals surface area contributed by atoms with Gasteiger partial charge in [0, 0.05) is 0 Å². The Morgan fingerprint density at radius 1 is 1.13 bits per heavy atom. The molecule has 1 aliphatic carbocycles. The molecule has 1 N–H and O–H groups in total. The molecule has 1 atom stereocenters. The van der Waals surface area contributed by atoms with Crippen LogP contribution in [0.15, 0.2) is 30.3 Å². The molecular weight excluding hydrogens is 186 g/mol. The van der Waals surface area contributed by atoms with E-state index in [9.17, 15) is 0 Å². The molecule has 1 saturated heterocycles. The fourth-order valence-corrected chi connectivity index (χ4v) is 2.74. The van der Waals surface area contributed by atoms with E-state index in [2.05, 4.69) is 35.6 Å². The van der Waals surface area contributed by atoms with Crippen molar-refractivity contribution < 1.29 is 4.74 Å². The number of ether oxygens (including phenoxy) is 1. The molecule has 80 valence electrons. The molecule has 2 aliphatic rings.